The number of carbonyl (C=O) groups is 1. The van der Waals surface area contributed by atoms with Gasteiger partial charge in [-0.3, -0.25) is 4.79 Å². The predicted octanol–water partition coefficient (Wildman–Crippen LogP) is 1.45. The Balaban J connectivity index is 1.66. The lowest BCUT2D eigenvalue weighted by Gasteiger charge is -2.28. The van der Waals surface area contributed by atoms with E-state index in [2.05, 4.69) is 5.32 Å². The van der Waals surface area contributed by atoms with Crippen LogP contribution >= 0.6 is 0 Å². The Bertz CT molecular complexity index is 218. The largest absolute Gasteiger partial charge is 0.396 e. The van der Waals surface area contributed by atoms with Crippen LogP contribution in [0.25, 0.3) is 0 Å². The van der Waals surface area contributed by atoms with Gasteiger partial charge in [0.05, 0.1) is 0 Å². The normalized spacial score (nSPS) is 31.3. The number of hydrogen-bond acceptors (Lipinski definition) is 2. The van der Waals surface area contributed by atoms with Gasteiger partial charge in [-0.05, 0) is 50.9 Å². The van der Waals surface area contributed by atoms with Gasteiger partial charge in [0.25, 0.3) is 0 Å². The molecule has 0 unspecified atom stereocenters. The molecule has 0 aromatic rings. The molecule has 2 N–H and O–H groups in total. The summed E-state index contributed by atoms with van der Waals surface area (Å²) in [6.45, 7) is 0.309. The van der Waals surface area contributed by atoms with Gasteiger partial charge in [-0.1, -0.05) is 0 Å². The van der Waals surface area contributed by atoms with E-state index in [1.165, 1.54) is 0 Å². The molecule has 15 heavy (non-hydrogen) atoms. The van der Waals surface area contributed by atoms with Crippen LogP contribution in [-0.4, -0.2) is 23.7 Å². The Labute approximate surface area is 91.2 Å². The van der Waals surface area contributed by atoms with Crippen molar-refractivity contribution < 1.29 is 9.90 Å². The van der Waals surface area contributed by atoms with Crippen molar-refractivity contribution in [1.29, 1.82) is 0 Å². The minimum atomic E-state index is 0.278. The Morgan fingerprint density at radius 2 is 1.80 bits per heavy atom. The van der Waals surface area contributed by atoms with Crippen molar-refractivity contribution in [2.45, 2.75) is 51.0 Å². The average molecular weight is 211 g/mol. The molecular weight excluding hydrogens is 190 g/mol. The molecule has 2 aliphatic carbocycles. The molecule has 0 aliphatic heterocycles. The topological polar surface area (TPSA) is 49.3 Å². The highest BCUT2D eigenvalue weighted by Crippen LogP contribution is 2.31. The van der Waals surface area contributed by atoms with Crippen LogP contribution in [0.4, 0.5) is 0 Å². The molecule has 2 saturated carbocycles. The van der Waals surface area contributed by atoms with Crippen molar-refractivity contribution in [1.82, 2.24) is 5.32 Å². The summed E-state index contributed by atoms with van der Waals surface area (Å²) in [5, 5.41) is 12.0. The monoisotopic (exact) mass is 211 g/mol. The fourth-order valence-electron chi connectivity index (χ4n) is 2.44. The lowest BCUT2D eigenvalue weighted by atomic mass is 9.84. The van der Waals surface area contributed by atoms with Crippen molar-refractivity contribution in [3.8, 4) is 0 Å². The molecule has 0 bridgehead atoms. The van der Waals surface area contributed by atoms with Crippen LogP contribution < -0.4 is 5.32 Å². The van der Waals surface area contributed by atoms with Gasteiger partial charge in [-0.25, -0.2) is 0 Å². The van der Waals surface area contributed by atoms with Crippen LogP contribution in [0.3, 0.4) is 0 Å². The highest BCUT2D eigenvalue weighted by atomic mass is 16.3. The van der Waals surface area contributed by atoms with E-state index < -0.39 is 0 Å². The zero-order chi connectivity index (χ0) is 10.7. The van der Waals surface area contributed by atoms with E-state index in [4.69, 9.17) is 5.11 Å². The van der Waals surface area contributed by atoms with E-state index in [0.717, 1.165) is 44.9 Å². The van der Waals surface area contributed by atoms with Crippen molar-refractivity contribution in [2.75, 3.05) is 6.61 Å². The molecule has 1 amide bonds. The summed E-state index contributed by atoms with van der Waals surface area (Å²) in [6, 6.07) is 0.410. The molecule has 0 spiro atoms. The summed E-state index contributed by atoms with van der Waals surface area (Å²) in [7, 11) is 0. The fraction of sp³-hybridized carbons (Fsp3) is 0.917. The second-order valence-electron chi connectivity index (χ2n) is 5.01. The lowest BCUT2D eigenvalue weighted by molar-refractivity contribution is -0.123. The third-order valence-corrected chi connectivity index (χ3v) is 3.68. The standard InChI is InChI=1S/C12H21NO2/c14-8-7-9-1-5-11(6-2-9)13-12(15)10-3-4-10/h9-11,14H,1-8H2,(H,13,15). The van der Waals surface area contributed by atoms with Gasteiger partial charge in [0.15, 0.2) is 0 Å². The molecular formula is C12H21NO2. The van der Waals surface area contributed by atoms with Gasteiger partial charge in [0.2, 0.25) is 5.91 Å². The Hall–Kier alpha value is -0.570. The second kappa shape index (κ2) is 4.97. The quantitative estimate of drug-likeness (QED) is 0.739. The molecule has 2 fully saturated rings. The molecule has 86 valence electrons. The number of aliphatic hydroxyl groups excluding tert-OH is 1. The minimum Gasteiger partial charge on any atom is -0.396 e. The number of hydrogen-bond donors (Lipinski definition) is 2. The molecule has 3 heteroatoms. The maximum Gasteiger partial charge on any atom is 0.223 e. The first-order valence-corrected chi connectivity index (χ1v) is 6.21. The van der Waals surface area contributed by atoms with E-state index in [1.807, 2.05) is 0 Å². The van der Waals surface area contributed by atoms with E-state index in [9.17, 15) is 4.79 Å². The second-order valence-corrected chi connectivity index (χ2v) is 5.01. The molecule has 0 radical (unpaired) electrons. The highest BCUT2D eigenvalue weighted by Gasteiger charge is 2.31. The van der Waals surface area contributed by atoms with Crippen LogP contribution in [0.5, 0.6) is 0 Å². The fourth-order valence-corrected chi connectivity index (χ4v) is 2.44. The van der Waals surface area contributed by atoms with E-state index in [1.54, 1.807) is 0 Å². The van der Waals surface area contributed by atoms with Crippen molar-refractivity contribution in [3.63, 3.8) is 0 Å². The highest BCUT2D eigenvalue weighted by molar-refractivity contribution is 5.81. The molecule has 0 atom stereocenters. The Morgan fingerprint density at radius 1 is 1.13 bits per heavy atom. The van der Waals surface area contributed by atoms with Gasteiger partial charge in [0.1, 0.15) is 0 Å². The number of amides is 1. The summed E-state index contributed by atoms with van der Waals surface area (Å²) >= 11 is 0. The van der Waals surface area contributed by atoms with Gasteiger partial charge in [-0.15, -0.1) is 0 Å². The summed E-state index contributed by atoms with van der Waals surface area (Å²) < 4.78 is 0. The third-order valence-electron chi connectivity index (χ3n) is 3.68. The summed E-state index contributed by atoms with van der Waals surface area (Å²) in [4.78, 5) is 11.5. The molecule has 0 saturated heterocycles. The third kappa shape index (κ3) is 3.20. The lowest BCUT2D eigenvalue weighted by Crippen LogP contribution is -2.38. The summed E-state index contributed by atoms with van der Waals surface area (Å²) in [5.74, 6) is 1.30. The van der Waals surface area contributed by atoms with Gasteiger partial charge in [0, 0.05) is 18.6 Å². The summed E-state index contributed by atoms with van der Waals surface area (Å²) in [6.07, 6.45) is 7.64. The predicted molar refractivity (Wildman–Crippen MR) is 58.3 cm³/mol. The first kappa shape index (κ1) is 10.9. The minimum absolute atomic E-state index is 0.278. The van der Waals surface area contributed by atoms with Gasteiger partial charge >= 0.3 is 0 Å². The number of nitrogens with one attached hydrogen (secondary N) is 1. The van der Waals surface area contributed by atoms with E-state index >= 15 is 0 Å². The van der Waals surface area contributed by atoms with Gasteiger partial charge in [-0.2, -0.15) is 0 Å². The first-order chi connectivity index (χ1) is 7.29. The molecule has 0 heterocycles. The van der Waals surface area contributed by atoms with Crippen LogP contribution in [0.2, 0.25) is 0 Å². The smallest absolute Gasteiger partial charge is 0.223 e. The maximum absolute atomic E-state index is 11.5. The molecule has 0 aromatic carbocycles. The number of rotatable bonds is 4. The Kier molecular flexibility index (Phi) is 3.62. The van der Waals surface area contributed by atoms with Crippen LogP contribution in [-0.2, 0) is 4.79 Å². The molecule has 0 aromatic heterocycles. The van der Waals surface area contributed by atoms with Crippen molar-refractivity contribution in [2.24, 2.45) is 11.8 Å². The number of carbonyl (C=O) groups excluding carboxylic acids is 1. The molecule has 2 rings (SSSR count). The van der Waals surface area contributed by atoms with Crippen LogP contribution in [0.1, 0.15) is 44.9 Å². The van der Waals surface area contributed by atoms with Crippen LogP contribution in [0, 0.1) is 11.8 Å². The maximum atomic E-state index is 11.5. The molecule has 2 aliphatic rings. The molecule has 3 nitrogen and oxygen atoms in total. The van der Waals surface area contributed by atoms with Crippen molar-refractivity contribution in [3.05, 3.63) is 0 Å². The van der Waals surface area contributed by atoms with E-state index in [0.29, 0.717) is 24.5 Å². The SMILES string of the molecule is O=C(NC1CCC(CCO)CC1)C1CC1. The van der Waals surface area contributed by atoms with Crippen molar-refractivity contribution >= 4 is 5.91 Å². The zero-order valence-corrected chi connectivity index (χ0v) is 9.24. The van der Waals surface area contributed by atoms with Gasteiger partial charge < -0.3 is 10.4 Å². The van der Waals surface area contributed by atoms with E-state index in [-0.39, 0.29) is 5.91 Å². The Morgan fingerprint density at radius 3 is 2.33 bits per heavy atom. The van der Waals surface area contributed by atoms with Crippen LogP contribution in [0.15, 0.2) is 0 Å². The zero-order valence-electron chi connectivity index (χ0n) is 9.24. The first-order valence-electron chi connectivity index (χ1n) is 6.21. The summed E-state index contributed by atoms with van der Waals surface area (Å²) in [5.41, 5.74) is 0. The average Bonchev–Trinajstić information content (AvgIpc) is 3.04. The number of aliphatic hydroxyl groups is 1.